The topological polar surface area (TPSA) is 33.0 Å². The van der Waals surface area contributed by atoms with Crippen LogP contribution in [0.2, 0.25) is 0 Å². The van der Waals surface area contributed by atoms with Gasteiger partial charge in [0.2, 0.25) is 0 Å². The zero-order valence-corrected chi connectivity index (χ0v) is 11.3. The number of hydrogen-bond acceptors (Lipinski definition) is 3. The van der Waals surface area contributed by atoms with Crippen LogP contribution in [0.1, 0.15) is 32.3 Å². The van der Waals surface area contributed by atoms with Crippen LogP contribution in [0, 0.1) is 16.7 Å². The minimum Gasteiger partial charge on any atom is -0.493 e. The average molecular weight is 249 g/mol. The third-order valence-electron chi connectivity index (χ3n) is 3.34. The molecule has 17 heavy (non-hydrogen) atoms. The molecular weight excluding hydrogens is 230 g/mol. The van der Waals surface area contributed by atoms with E-state index in [1.54, 1.807) is 12.1 Å². The molecule has 0 bridgehead atoms. The highest BCUT2D eigenvalue weighted by Gasteiger charge is 2.25. The molecule has 0 saturated carbocycles. The maximum absolute atomic E-state index is 8.81. The molecule has 0 aliphatic rings. The summed E-state index contributed by atoms with van der Waals surface area (Å²) in [5.74, 6) is 1.58. The first-order chi connectivity index (χ1) is 8.19. The van der Waals surface area contributed by atoms with Gasteiger partial charge in [0, 0.05) is 5.41 Å². The Morgan fingerprint density at radius 2 is 2.06 bits per heavy atom. The Balaban J connectivity index is 2.69. The normalized spacial score (nSPS) is 10.9. The van der Waals surface area contributed by atoms with E-state index in [0.29, 0.717) is 12.2 Å². The molecule has 3 heteroatoms. The number of thiol groups is 1. The summed E-state index contributed by atoms with van der Waals surface area (Å²) < 4.78 is 5.79. The fourth-order valence-electron chi connectivity index (χ4n) is 1.62. The highest BCUT2D eigenvalue weighted by Crippen LogP contribution is 2.29. The highest BCUT2D eigenvalue weighted by molar-refractivity contribution is 7.80. The molecular formula is C14H19NOS. The third-order valence-corrected chi connectivity index (χ3v) is 4.01. The predicted octanol–water partition coefficient (Wildman–Crippen LogP) is 3.67. The number of rotatable bonds is 6. The summed E-state index contributed by atoms with van der Waals surface area (Å²) in [6.07, 6.45) is 2.09. The van der Waals surface area contributed by atoms with Crippen molar-refractivity contribution in [1.29, 1.82) is 5.26 Å². The summed E-state index contributed by atoms with van der Waals surface area (Å²) in [4.78, 5) is 0. The lowest BCUT2D eigenvalue weighted by molar-refractivity contribution is 0.157. The molecule has 0 radical (unpaired) electrons. The van der Waals surface area contributed by atoms with Crippen molar-refractivity contribution < 1.29 is 4.74 Å². The standard InChI is InChI=1S/C14H19NOS/c1-3-14(4-2,11-17)10-16-13-7-5-6-12(8-13)9-15/h5-8,17H,3-4,10-11H2,1-2H3. The van der Waals surface area contributed by atoms with Crippen molar-refractivity contribution in [3.8, 4) is 11.8 Å². The predicted molar refractivity (Wildman–Crippen MR) is 73.5 cm³/mol. The Labute approximate surface area is 109 Å². The first-order valence-corrected chi connectivity index (χ1v) is 6.56. The summed E-state index contributed by atoms with van der Waals surface area (Å²) in [5.41, 5.74) is 0.762. The fourth-order valence-corrected chi connectivity index (χ4v) is 2.15. The van der Waals surface area contributed by atoms with Gasteiger partial charge in [-0.3, -0.25) is 0 Å². The number of nitriles is 1. The first kappa shape index (κ1) is 13.9. The molecule has 92 valence electrons. The third kappa shape index (κ3) is 3.67. The van der Waals surface area contributed by atoms with Crippen molar-refractivity contribution in [3.63, 3.8) is 0 Å². The Hall–Kier alpha value is -1.14. The summed E-state index contributed by atoms with van der Waals surface area (Å²) in [6, 6.07) is 9.39. The van der Waals surface area contributed by atoms with E-state index in [2.05, 4.69) is 32.5 Å². The van der Waals surface area contributed by atoms with Crippen LogP contribution in [-0.4, -0.2) is 12.4 Å². The minimum atomic E-state index is 0.131. The first-order valence-electron chi connectivity index (χ1n) is 5.93. The maximum atomic E-state index is 8.81. The summed E-state index contributed by atoms with van der Waals surface area (Å²) in [5, 5.41) is 8.81. The largest absolute Gasteiger partial charge is 0.493 e. The molecule has 0 spiro atoms. The zero-order valence-electron chi connectivity index (χ0n) is 10.4. The Kier molecular flexibility index (Phi) is 5.37. The van der Waals surface area contributed by atoms with Gasteiger partial charge >= 0.3 is 0 Å². The smallest absolute Gasteiger partial charge is 0.120 e. The number of benzene rings is 1. The molecule has 0 atom stereocenters. The van der Waals surface area contributed by atoms with Gasteiger partial charge in [-0.05, 0) is 36.8 Å². The van der Waals surface area contributed by atoms with E-state index in [4.69, 9.17) is 10.00 Å². The molecule has 0 aromatic heterocycles. The van der Waals surface area contributed by atoms with Gasteiger partial charge in [0.1, 0.15) is 5.75 Å². The summed E-state index contributed by atoms with van der Waals surface area (Å²) >= 11 is 4.41. The van der Waals surface area contributed by atoms with Gasteiger partial charge in [-0.1, -0.05) is 19.9 Å². The SMILES string of the molecule is CCC(CC)(CS)COc1cccc(C#N)c1. The molecule has 1 aromatic carbocycles. The van der Waals surface area contributed by atoms with Gasteiger partial charge in [0.05, 0.1) is 18.2 Å². The molecule has 0 amide bonds. The lowest BCUT2D eigenvalue weighted by atomic mass is 9.85. The van der Waals surface area contributed by atoms with Crippen LogP contribution < -0.4 is 4.74 Å². The van der Waals surface area contributed by atoms with Crippen LogP contribution in [0.5, 0.6) is 5.75 Å². The molecule has 1 aromatic rings. The van der Waals surface area contributed by atoms with Gasteiger partial charge in [-0.15, -0.1) is 0 Å². The van der Waals surface area contributed by atoms with Crippen molar-refractivity contribution in [3.05, 3.63) is 29.8 Å². The average Bonchev–Trinajstić information content (AvgIpc) is 2.41. The van der Waals surface area contributed by atoms with Crippen molar-refractivity contribution in [2.24, 2.45) is 5.41 Å². The van der Waals surface area contributed by atoms with Gasteiger partial charge in [-0.2, -0.15) is 17.9 Å². The van der Waals surface area contributed by atoms with E-state index >= 15 is 0 Å². The monoisotopic (exact) mass is 249 g/mol. The van der Waals surface area contributed by atoms with Gasteiger partial charge < -0.3 is 4.74 Å². The fraction of sp³-hybridized carbons (Fsp3) is 0.500. The van der Waals surface area contributed by atoms with E-state index in [-0.39, 0.29) is 5.41 Å². The number of ether oxygens (including phenoxy) is 1. The van der Waals surface area contributed by atoms with Crippen LogP contribution in [0.3, 0.4) is 0 Å². The Morgan fingerprint density at radius 3 is 2.59 bits per heavy atom. The van der Waals surface area contributed by atoms with E-state index in [1.165, 1.54) is 0 Å². The van der Waals surface area contributed by atoms with Crippen LogP contribution in [0.15, 0.2) is 24.3 Å². The molecule has 0 N–H and O–H groups in total. The molecule has 0 fully saturated rings. The maximum Gasteiger partial charge on any atom is 0.120 e. The highest BCUT2D eigenvalue weighted by atomic mass is 32.1. The molecule has 0 heterocycles. The van der Waals surface area contributed by atoms with Gasteiger partial charge in [0.25, 0.3) is 0 Å². The van der Waals surface area contributed by atoms with Crippen LogP contribution >= 0.6 is 12.6 Å². The van der Waals surface area contributed by atoms with Crippen LogP contribution in [0.4, 0.5) is 0 Å². The lowest BCUT2D eigenvalue weighted by Crippen LogP contribution is -2.29. The van der Waals surface area contributed by atoms with E-state index in [0.717, 1.165) is 24.3 Å². The van der Waals surface area contributed by atoms with Crippen molar-refractivity contribution in [2.45, 2.75) is 26.7 Å². The second-order valence-corrected chi connectivity index (χ2v) is 4.61. The van der Waals surface area contributed by atoms with E-state index < -0.39 is 0 Å². The zero-order chi connectivity index (χ0) is 12.7. The summed E-state index contributed by atoms with van der Waals surface area (Å²) in [6.45, 7) is 4.97. The molecule has 0 saturated heterocycles. The van der Waals surface area contributed by atoms with E-state index in [1.807, 2.05) is 12.1 Å². The van der Waals surface area contributed by atoms with E-state index in [9.17, 15) is 0 Å². The Morgan fingerprint density at radius 1 is 1.35 bits per heavy atom. The van der Waals surface area contributed by atoms with Gasteiger partial charge in [-0.25, -0.2) is 0 Å². The number of nitrogens with zero attached hydrogens (tertiary/aromatic N) is 1. The van der Waals surface area contributed by atoms with Gasteiger partial charge in [0.15, 0.2) is 0 Å². The van der Waals surface area contributed by atoms with Crippen LogP contribution in [0.25, 0.3) is 0 Å². The Bertz CT molecular complexity index is 385. The minimum absolute atomic E-state index is 0.131. The quantitative estimate of drug-likeness (QED) is 0.780. The second-order valence-electron chi connectivity index (χ2n) is 4.29. The number of hydrogen-bond donors (Lipinski definition) is 1. The van der Waals surface area contributed by atoms with Crippen molar-refractivity contribution >= 4 is 12.6 Å². The van der Waals surface area contributed by atoms with Crippen LogP contribution in [-0.2, 0) is 0 Å². The summed E-state index contributed by atoms with van der Waals surface area (Å²) in [7, 11) is 0. The molecule has 0 aliphatic heterocycles. The molecule has 0 aliphatic carbocycles. The molecule has 1 rings (SSSR count). The lowest BCUT2D eigenvalue weighted by Gasteiger charge is -2.29. The van der Waals surface area contributed by atoms with Crippen molar-refractivity contribution in [1.82, 2.24) is 0 Å². The second kappa shape index (κ2) is 6.56. The molecule has 0 unspecified atom stereocenters. The molecule has 2 nitrogen and oxygen atoms in total. The van der Waals surface area contributed by atoms with Crippen molar-refractivity contribution in [2.75, 3.05) is 12.4 Å².